The molecule has 1 aromatic rings. The molecule has 0 bridgehead atoms. The average Bonchev–Trinajstić information content (AvgIpc) is 3.06. The van der Waals surface area contributed by atoms with Crippen molar-refractivity contribution in [1.82, 2.24) is 10.2 Å². The van der Waals surface area contributed by atoms with Gasteiger partial charge in [0.25, 0.3) is 11.8 Å². The summed E-state index contributed by atoms with van der Waals surface area (Å²) in [5, 5.41) is 12.4. The van der Waals surface area contributed by atoms with E-state index in [1.165, 1.54) is 12.1 Å². The highest BCUT2D eigenvalue weighted by Crippen LogP contribution is 2.64. The van der Waals surface area contributed by atoms with Gasteiger partial charge in [-0.15, -0.1) is 0 Å². The summed E-state index contributed by atoms with van der Waals surface area (Å²) < 4.78 is 43.0. The third-order valence-electron chi connectivity index (χ3n) is 5.72. The second-order valence-corrected chi connectivity index (χ2v) is 8.93. The maximum absolute atomic E-state index is 14.6. The first-order valence-corrected chi connectivity index (χ1v) is 9.42. The second kappa shape index (κ2) is 5.70. The van der Waals surface area contributed by atoms with E-state index < -0.39 is 47.5 Å². The molecule has 1 aromatic carbocycles. The van der Waals surface area contributed by atoms with Gasteiger partial charge in [-0.2, -0.15) is 0 Å². The molecule has 1 spiro atoms. The first-order chi connectivity index (χ1) is 12.5. The molecule has 2 saturated carbocycles. The van der Waals surface area contributed by atoms with Gasteiger partial charge in [-0.1, -0.05) is 0 Å². The normalized spacial score (nSPS) is 33.5. The molecule has 0 unspecified atom stereocenters. The highest BCUT2D eigenvalue weighted by atomic mass is 79.9. The first kappa shape index (κ1) is 18.7. The van der Waals surface area contributed by atoms with Crippen LogP contribution in [0.15, 0.2) is 16.6 Å². The van der Waals surface area contributed by atoms with Gasteiger partial charge >= 0.3 is 0 Å². The molecule has 0 aromatic heterocycles. The van der Waals surface area contributed by atoms with Gasteiger partial charge in [-0.3, -0.25) is 9.59 Å². The van der Waals surface area contributed by atoms with Gasteiger partial charge in [0.05, 0.1) is 22.0 Å². The quantitative estimate of drug-likeness (QED) is 0.748. The van der Waals surface area contributed by atoms with Crippen LogP contribution >= 0.6 is 15.9 Å². The third kappa shape index (κ3) is 2.86. The van der Waals surface area contributed by atoms with Crippen molar-refractivity contribution >= 4 is 27.7 Å². The van der Waals surface area contributed by atoms with Crippen molar-refractivity contribution in [3.63, 3.8) is 0 Å². The van der Waals surface area contributed by atoms with Crippen LogP contribution in [0.25, 0.3) is 0 Å². The Labute approximate surface area is 162 Å². The van der Waals surface area contributed by atoms with Crippen molar-refractivity contribution in [3.05, 3.63) is 33.5 Å². The molecule has 9 heteroatoms. The smallest absolute Gasteiger partial charge is 0.260 e. The number of halogens is 4. The fourth-order valence-electron chi connectivity index (χ4n) is 4.30. The van der Waals surface area contributed by atoms with E-state index in [4.69, 9.17) is 0 Å². The Hall–Kier alpha value is -1.61. The van der Waals surface area contributed by atoms with Crippen LogP contribution in [0.3, 0.4) is 0 Å². The van der Waals surface area contributed by atoms with Crippen molar-refractivity contribution in [1.29, 1.82) is 0 Å². The average molecular weight is 447 g/mol. The van der Waals surface area contributed by atoms with Gasteiger partial charge in [0.2, 0.25) is 5.91 Å². The Morgan fingerprint density at radius 3 is 2.59 bits per heavy atom. The Morgan fingerprint density at radius 2 is 2.04 bits per heavy atom. The van der Waals surface area contributed by atoms with Crippen LogP contribution in [0, 0.1) is 5.82 Å². The number of nitrogens with zero attached hydrogens (tertiary/aromatic N) is 1. The molecule has 4 rings (SSSR count). The van der Waals surface area contributed by atoms with E-state index in [-0.39, 0.29) is 28.2 Å². The summed E-state index contributed by atoms with van der Waals surface area (Å²) in [4.78, 5) is 26.0. The van der Waals surface area contributed by atoms with Crippen LogP contribution < -0.4 is 5.32 Å². The number of hydrogen-bond acceptors (Lipinski definition) is 3. The molecule has 3 aliphatic rings. The van der Waals surface area contributed by atoms with E-state index in [0.717, 1.165) is 4.90 Å². The van der Waals surface area contributed by atoms with E-state index in [9.17, 15) is 27.9 Å². The lowest BCUT2D eigenvalue weighted by Crippen LogP contribution is -2.56. The topological polar surface area (TPSA) is 69.6 Å². The lowest BCUT2D eigenvalue weighted by molar-refractivity contribution is -0.125. The summed E-state index contributed by atoms with van der Waals surface area (Å²) in [6.45, 7) is 0.869. The van der Waals surface area contributed by atoms with E-state index in [1.54, 1.807) is 6.92 Å². The summed E-state index contributed by atoms with van der Waals surface area (Å²) >= 11 is 2.99. The second-order valence-electron chi connectivity index (χ2n) is 8.08. The number of rotatable bonds is 3. The maximum Gasteiger partial charge on any atom is 0.260 e. The molecule has 2 N–H and O–H groups in total. The molecule has 2 aliphatic carbocycles. The molecule has 146 valence electrons. The SMILES string of the molecule is CC1(O)CC(NC(=O)CN2C[C@@]3(CC3(F)F)c3c(ccc(Br)c3F)C2=O)C1. The molecular formula is C18H18BrF3N2O3. The van der Waals surface area contributed by atoms with Crippen molar-refractivity contribution in [2.24, 2.45) is 0 Å². The summed E-state index contributed by atoms with van der Waals surface area (Å²) in [7, 11) is 0. The minimum atomic E-state index is -3.13. The zero-order valence-electron chi connectivity index (χ0n) is 14.5. The summed E-state index contributed by atoms with van der Waals surface area (Å²) in [6, 6.07) is 2.42. The number of fused-ring (bicyclic) bond motifs is 2. The molecule has 0 saturated heterocycles. The molecule has 27 heavy (non-hydrogen) atoms. The Bertz CT molecular complexity index is 852. The number of carbonyl (C=O) groups excluding carboxylic acids is 2. The van der Waals surface area contributed by atoms with Gasteiger partial charge in [-0.25, -0.2) is 13.2 Å². The monoisotopic (exact) mass is 446 g/mol. The standard InChI is InChI=1S/C18H18BrF3N2O3/c1-16(27)4-9(5-16)23-12(25)6-24-8-17(7-18(17,21)22)13-10(15(24)26)2-3-11(19)14(13)20/h2-3,9,27H,4-8H2,1H3,(H,23,25)/t9?,16?,17-/m0/s1. The van der Waals surface area contributed by atoms with Crippen LogP contribution in [0.5, 0.6) is 0 Å². The summed E-state index contributed by atoms with van der Waals surface area (Å²) in [5.41, 5.74) is -3.00. The van der Waals surface area contributed by atoms with Crippen molar-refractivity contribution in [2.45, 2.75) is 49.2 Å². The predicted molar refractivity (Wildman–Crippen MR) is 93.0 cm³/mol. The van der Waals surface area contributed by atoms with Crippen molar-refractivity contribution in [3.8, 4) is 0 Å². The molecular weight excluding hydrogens is 429 g/mol. The Kier molecular flexibility index (Phi) is 3.96. The number of carbonyl (C=O) groups is 2. The maximum atomic E-state index is 14.6. The fraction of sp³-hybridized carbons (Fsp3) is 0.556. The van der Waals surface area contributed by atoms with Crippen LogP contribution in [-0.2, 0) is 10.2 Å². The molecule has 1 heterocycles. The van der Waals surface area contributed by atoms with E-state index >= 15 is 0 Å². The van der Waals surface area contributed by atoms with Crippen LogP contribution in [0.1, 0.15) is 42.1 Å². The van der Waals surface area contributed by atoms with Crippen molar-refractivity contribution in [2.75, 3.05) is 13.1 Å². The lowest BCUT2D eigenvalue weighted by atomic mass is 9.77. The van der Waals surface area contributed by atoms with Crippen LogP contribution in [-0.4, -0.2) is 52.5 Å². The number of amides is 2. The van der Waals surface area contributed by atoms with Crippen LogP contribution in [0.2, 0.25) is 0 Å². The lowest BCUT2D eigenvalue weighted by Gasteiger charge is -2.41. The highest BCUT2D eigenvalue weighted by molar-refractivity contribution is 9.10. The molecule has 1 atom stereocenters. The molecule has 0 radical (unpaired) electrons. The predicted octanol–water partition coefficient (Wildman–Crippen LogP) is 2.35. The summed E-state index contributed by atoms with van der Waals surface area (Å²) in [5.74, 6) is -5.10. The van der Waals surface area contributed by atoms with E-state index in [0.29, 0.717) is 12.8 Å². The van der Waals surface area contributed by atoms with Crippen molar-refractivity contribution < 1.29 is 27.9 Å². The molecule has 1 aliphatic heterocycles. The zero-order valence-corrected chi connectivity index (χ0v) is 16.1. The minimum Gasteiger partial charge on any atom is -0.390 e. The fourth-order valence-corrected chi connectivity index (χ4v) is 4.63. The van der Waals surface area contributed by atoms with Gasteiger partial charge < -0.3 is 15.3 Å². The zero-order chi connectivity index (χ0) is 19.8. The van der Waals surface area contributed by atoms with Gasteiger partial charge in [0.15, 0.2) is 0 Å². The van der Waals surface area contributed by atoms with E-state index in [1.807, 2.05) is 0 Å². The molecule has 2 fully saturated rings. The third-order valence-corrected chi connectivity index (χ3v) is 6.34. The minimum absolute atomic E-state index is 0.0272. The Balaban J connectivity index is 1.57. The van der Waals surface area contributed by atoms with Gasteiger partial charge in [0, 0.05) is 30.1 Å². The number of hydrogen-bond donors (Lipinski definition) is 2. The number of benzene rings is 1. The van der Waals surface area contributed by atoms with Crippen LogP contribution in [0.4, 0.5) is 13.2 Å². The van der Waals surface area contributed by atoms with Gasteiger partial charge in [-0.05, 0) is 47.8 Å². The highest BCUT2D eigenvalue weighted by Gasteiger charge is 2.75. The number of aliphatic hydroxyl groups is 1. The number of alkyl halides is 2. The molecule has 2 amide bonds. The number of nitrogens with one attached hydrogen (secondary N) is 1. The van der Waals surface area contributed by atoms with Gasteiger partial charge in [0.1, 0.15) is 5.82 Å². The largest absolute Gasteiger partial charge is 0.390 e. The van der Waals surface area contributed by atoms with E-state index in [2.05, 4.69) is 21.2 Å². The first-order valence-electron chi connectivity index (χ1n) is 8.63. The summed E-state index contributed by atoms with van der Waals surface area (Å²) in [6.07, 6.45) is 0.241. The Morgan fingerprint density at radius 1 is 1.41 bits per heavy atom. The molecule has 5 nitrogen and oxygen atoms in total.